The van der Waals surface area contributed by atoms with Gasteiger partial charge in [0, 0.05) is 17.8 Å². The van der Waals surface area contributed by atoms with E-state index in [0.29, 0.717) is 0 Å². The molecule has 1 aliphatic rings. The Morgan fingerprint density at radius 1 is 1.07 bits per heavy atom. The number of hydrogen-bond acceptors (Lipinski definition) is 2. The Morgan fingerprint density at radius 2 is 1.67 bits per heavy atom. The molecule has 0 atom stereocenters. The molecule has 0 radical (unpaired) electrons. The average molecular weight is 204 g/mol. The van der Waals surface area contributed by atoms with Gasteiger partial charge >= 0.3 is 0 Å². The summed E-state index contributed by atoms with van der Waals surface area (Å²) < 4.78 is 0. The summed E-state index contributed by atoms with van der Waals surface area (Å²) >= 11 is 0. The van der Waals surface area contributed by atoms with E-state index < -0.39 is 0 Å². The van der Waals surface area contributed by atoms with Crippen LogP contribution in [0.3, 0.4) is 0 Å². The minimum Gasteiger partial charge on any atom is -0.238 e. The van der Waals surface area contributed by atoms with Crippen molar-refractivity contribution in [3.8, 4) is 0 Å². The molecule has 0 N–H and O–H groups in total. The van der Waals surface area contributed by atoms with Crippen LogP contribution < -0.4 is 0 Å². The molecule has 0 aliphatic heterocycles. The lowest BCUT2D eigenvalue weighted by atomic mass is 9.87. The van der Waals surface area contributed by atoms with Crippen LogP contribution in [0.25, 0.3) is 0 Å². The maximum atomic E-state index is 4.52. The molecule has 1 fully saturated rings. The monoisotopic (exact) mass is 204 g/mol. The van der Waals surface area contributed by atoms with Crippen LogP contribution in [0.5, 0.6) is 0 Å². The molecule has 0 aromatic carbocycles. The van der Waals surface area contributed by atoms with E-state index in [1.807, 2.05) is 6.07 Å². The highest BCUT2D eigenvalue weighted by Crippen LogP contribution is 2.25. The summed E-state index contributed by atoms with van der Waals surface area (Å²) in [5.41, 5.74) is 2.21. The molecule has 0 spiro atoms. The fourth-order valence-electron chi connectivity index (χ4n) is 2.54. The minimum atomic E-state index is 0.833. The molecule has 1 aliphatic carbocycles. The van der Waals surface area contributed by atoms with Crippen molar-refractivity contribution in [2.75, 3.05) is 0 Å². The summed E-state index contributed by atoms with van der Waals surface area (Å²) in [5.74, 6) is 1.89. The van der Waals surface area contributed by atoms with Gasteiger partial charge in [-0.2, -0.15) is 0 Å². The summed E-state index contributed by atoms with van der Waals surface area (Å²) in [6.45, 7) is 4.11. The van der Waals surface area contributed by atoms with Crippen LogP contribution in [0.15, 0.2) is 6.07 Å². The van der Waals surface area contributed by atoms with Crippen molar-refractivity contribution in [2.45, 2.75) is 52.4 Å². The smallest absolute Gasteiger partial charge is 0.129 e. The summed E-state index contributed by atoms with van der Waals surface area (Å²) in [6, 6.07) is 2.05. The topological polar surface area (TPSA) is 25.8 Å². The quantitative estimate of drug-likeness (QED) is 0.739. The Hall–Kier alpha value is -0.920. The van der Waals surface area contributed by atoms with E-state index in [9.17, 15) is 0 Å². The molecule has 15 heavy (non-hydrogen) atoms. The molecule has 2 nitrogen and oxygen atoms in total. The van der Waals surface area contributed by atoms with Crippen LogP contribution in [0.4, 0.5) is 0 Å². The molecule has 1 saturated carbocycles. The van der Waals surface area contributed by atoms with E-state index in [1.165, 1.54) is 32.1 Å². The van der Waals surface area contributed by atoms with Gasteiger partial charge in [0.1, 0.15) is 5.82 Å². The molecular weight excluding hydrogens is 184 g/mol. The Balaban J connectivity index is 2.02. The number of hydrogen-bond donors (Lipinski definition) is 0. The lowest BCUT2D eigenvalue weighted by Gasteiger charge is -2.20. The van der Waals surface area contributed by atoms with Crippen LogP contribution in [-0.4, -0.2) is 9.97 Å². The molecule has 0 saturated heterocycles. The molecule has 1 heterocycles. The van der Waals surface area contributed by atoms with E-state index in [0.717, 1.165) is 29.6 Å². The van der Waals surface area contributed by atoms with Gasteiger partial charge in [-0.25, -0.2) is 9.97 Å². The Labute approximate surface area is 92.1 Å². The van der Waals surface area contributed by atoms with Crippen LogP contribution in [-0.2, 0) is 6.42 Å². The fraction of sp³-hybridized carbons (Fsp3) is 0.692. The lowest BCUT2D eigenvalue weighted by Crippen LogP contribution is -2.12. The van der Waals surface area contributed by atoms with E-state index in [-0.39, 0.29) is 0 Å². The van der Waals surface area contributed by atoms with Crippen molar-refractivity contribution in [2.24, 2.45) is 5.92 Å². The molecule has 1 aromatic rings. The third kappa shape index (κ3) is 3.01. The number of aryl methyl sites for hydroxylation is 2. The SMILES string of the molecule is Cc1cc(C)nc(CC2CCCCC2)n1. The standard InChI is InChI=1S/C13H20N2/c1-10-8-11(2)15-13(14-10)9-12-6-4-3-5-7-12/h8,12H,3-7,9H2,1-2H3. The van der Waals surface area contributed by atoms with Gasteiger partial charge in [0.2, 0.25) is 0 Å². The van der Waals surface area contributed by atoms with E-state index in [2.05, 4.69) is 23.8 Å². The highest BCUT2D eigenvalue weighted by atomic mass is 14.9. The zero-order chi connectivity index (χ0) is 10.7. The van der Waals surface area contributed by atoms with Gasteiger partial charge in [-0.1, -0.05) is 32.1 Å². The van der Waals surface area contributed by atoms with E-state index in [1.54, 1.807) is 0 Å². The summed E-state index contributed by atoms with van der Waals surface area (Å²) in [5, 5.41) is 0. The van der Waals surface area contributed by atoms with Crippen molar-refractivity contribution in [1.29, 1.82) is 0 Å². The summed E-state index contributed by atoms with van der Waals surface area (Å²) in [7, 11) is 0. The Kier molecular flexibility index (Phi) is 3.34. The van der Waals surface area contributed by atoms with E-state index in [4.69, 9.17) is 0 Å². The second kappa shape index (κ2) is 4.73. The molecule has 2 heteroatoms. The molecular formula is C13H20N2. The lowest BCUT2D eigenvalue weighted by molar-refractivity contribution is 0.351. The van der Waals surface area contributed by atoms with Crippen molar-refractivity contribution in [3.05, 3.63) is 23.3 Å². The zero-order valence-corrected chi connectivity index (χ0v) is 9.79. The van der Waals surface area contributed by atoms with Gasteiger partial charge in [0.05, 0.1) is 0 Å². The van der Waals surface area contributed by atoms with Gasteiger partial charge in [-0.3, -0.25) is 0 Å². The molecule has 0 amide bonds. The number of aromatic nitrogens is 2. The minimum absolute atomic E-state index is 0.833. The Morgan fingerprint density at radius 3 is 2.27 bits per heavy atom. The van der Waals surface area contributed by atoms with Crippen LogP contribution in [0, 0.1) is 19.8 Å². The second-order valence-corrected chi connectivity index (χ2v) is 4.78. The van der Waals surface area contributed by atoms with Crippen molar-refractivity contribution >= 4 is 0 Å². The van der Waals surface area contributed by atoms with Gasteiger partial charge in [-0.15, -0.1) is 0 Å². The zero-order valence-electron chi connectivity index (χ0n) is 9.79. The molecule has 0 bridgehead atoms. The molecule has 0 unspecified atom stereocenters. The molecule has 2 rings (SSSR count). The van der Waals surface area contributed by atoms with Gasteiger partial charge < -0.3 is 0 Å². The first-order valence-corrected chi connectivity index (χ1v) is 6.05. The van der Waals surface area contributed by atoms with Crippen molar-refractivity contribution < 1.29 is 0 Å². The van der Waals surface area contributed by atoms with Gasteiger partial charge in [0.25, 0.3) is 0 Å². The first kappa shape index (κ1) is 10.6. The highest BCUT2D eigenvalue weighted by Gasteiger charge is 2.15. The van der Waals surface area contributed by atoms with Crippen molar-refractivity contribution in [3.63, 3.8) is 0 Å². The average Bonchev–Trinajstić information content (AvgIpc) is 2.17. The van der Waals surface area contributed by atoms with E-state index >= 15 is 0 Å². The third-order valence-electron chi connectivity index (χ3n) is 3.22. The van der Waals surface area contributed by atoms with Gasteiger partial charge in [0.15, 0.2) is 0 Å². The first-order valence-electron chi connectivity index (χ1n) is 6.05. The highest BCUT2D eigenvalue weighted by molar-refractivity contribution is 5.08. The molecule has 1 aromatic heterocycles. The normalized spacial score (nSPS) is 18.0. The first-order chi connectivity index (χ1) is 7.24. The largest absolute Gasteiger partial charge is 0.238 e. The molecule has 82 valence electrons. The van der Waals surface area contributed by atoms with Crippen molar-refractivity contribution in [1.82, 2.24) is 9.97 Å². The predicted molar refractivity (Wildman–Crippen MR) is 61.8 cm³/mol. The fourth-order valence-corrected chi connectivity index (χ4v) is 2.54. The van der Waals surface area contributed by atoms with Crippen LogP contribution in [0.1, 0.15) is 49.3 Å². The maximum absolute atomic E-state index is 4.52. The Bertz CT molecular complexity index is 307. The third-order valence-corrected chi connectivity index (χ3v) is 3.22. The predicted octanol–water partition coefficient (Wildman–Crippen LogP) is 3.22. The summed E-state index contributed by atoms with van der Waals surface area (Å²) in [6.07, 6.45) is 8.05. The summed E-state index contributed by atoms with van der Waals surface area (Å²) in [4.78, 5) is 9.03. The van der Waals surface area contributed by atoms with Gasteiger partial charge in [-0.05, 0) is 25.8 Å². The maximum Gasteiger partial charge on any atom is 0.129 e. The number of nitrogens with zero attached hydrogens (tertiary/aromatic N) is 2. The van der Waals surface area contributed by atoms with Crippen LogP contribution in [0.2, 0.25) is 0 Å². The number of rotatable bonds is 2. The van der Waals surface area contributed by atoms with Crippen LogP contribution >= 0.6 is 0 Å². The second-order valence-electron chi connectivity index (χ2n) is 4.78.